The van der Waals surface area contributed by atoms with E-state index in [0.29, 0.717) is 16.8 Å². The Morgan fingerprint density at radius 2 is 1.78 bits per heavy atom. The Kier molecular flexibility index (Phi) is 8.31. The van der Waals surface area contributed by atoms with Crippen molar-refractivity contribution < 1.29 is 26.8 Å². The van der Waals surface area contributed by atoms with Gasteiger partial charge in [0.1, 0.15) is 12.6 Å². The van der Waals surface area contributed by atoms with Crippen molar-refractivity contribution in [1.82, 2.24) is 10.2 Å². The van der Waals surface area contributed by atoms with Crippen LogP contribution in [0.4, 0.5) is 14.5 Å². The molecule has 2 amide bonds. The summed E-state index contributed by atoms with van der Waals surface area (Å²) in [7, 11) is -2.57. The van der Waals surface area contributed by atoms with Crippen molar-refractivity contribution in [2.24, 2.45) is 0 Å². The van der Waals surface area contributed by atoms with Crippen molar-refractivity contribution in [3.63, 3.8) is 0 Å². The van der Waals surface area contributed by atoms with Gasteiger partial charge in [0.25, 0.3) is 0 Å². The van der Waals surface area contributed by atoms with Crippen LogP contribution >= 0.6 is 0 Å². The summed E-state index contributed by atoms with van der Waals surface area (Å²) >= 11 is 0. The number of aryl methyl sites for hydroxylation is 1. The third kappa shape index (κ3) is 6.25. The van der Waals surface area contributed by atoms with Gasteiger partial charge in [-0.25, -0.2) is 17.2 Å². The fourth-order valence-corrected chi connectivity index (χ4v) is 4.19. The summed E-state index contributed by atoms with van der Waals surface area (Å²) in [4.78, 5) is 27.1. The van der Waals surface area contributed by atoms with Gasteiger partial charge < -0.3 is 10.2 Å². The average molecular weight is 468 g/mol. The first kappa shape index (κ1) is 25.3. The van der Waals surface area contributed by atoms with Crippen molar-refractivity contribution in [3.8, 4) is 0 Å². The van der Waals surface area contributed by atoms with Crippen molar-refractivity contribution in [2.45, 2.75) is 32.9 Å². The number of halogens is 2. The molecule has 174 valence electrons. The Bertz CT molecular complexity index is 1090. The average Bonchev–Trinajstić information content (AvgIpc) is 2.72. The van der Waals surface area contributed by atoms with Crippen LogP contribution in [0.2, 0.25) is 0 Å². The number of sulfonamides is 1. The lowest BCUT2D eigenvalue weighted by atomic mass is 10.1. The minimum Gasteiger partial charge on any atom is -0.357 e. The van der Waals surface area contributed by atoms with Gasteiger partial charge in [0.2, 0.25) is 21.8 Å². The van der Waals surface area contributed by atoms with Gasteiger partial charge in [0, 0.05) is 19.7 Å². The first-order chi connectivity index (χ1) is 15.0. The van der Waals surface area contributed by atoms with Gasteiger partial charge in [-0.15, -0.1) is 0 Å². The molecular formula is C22H27F2N3O4S. The number of nitrogens with one attached hydrogen (secondary N) is 1. The Hall–Kier alpha value is -3.01. The number of nitrogens with zero attached hydrogens (tertiary/aromatic N) is 2. The largest absolute Gasteiger partial charge is 0.357 e. The minimum atomic E-state index is -4.02. The highest BCUT2D eigenvalue weighted by molar-refractivity contribution is 7.92. The SMILES string of the molecule is CC[C@@H](C(=O)NC)N(Cc1cccc(C)c1)C(=O)CN(c1ccc(F)c(F)c1)S(C)(=O)=O. The highest BCUT2D eigenvalue weighted by Crippen LogP contribution is 2.22. The smallest absolute Gasteiger partial charge is 0.244 e. The van der Waals surface area contributed by atoms with E-state index >= 15 is 0 Å². The predicted molar refractivity (Wildman–Crippen MR) is 118 cm³/mol. The molecule has 0 aliphatic rings. The first-order valence-electron chi connectivity index (χ1n) is 9.97. The van der Waals surface area contributed by atoms with E-state index in [-0.39, 0.29) is 12.2 Å². The lowest BCUT2D eigenvalue weighted by Gasteiger charge is -2.32. The number of hydrogen-bond acceptors (Lipinski definition) is 4. The summed E-state index contributed by atoms with van der Waals surface area (Å²) in [6.45, 7) is 3.02. The highest BCUT2D eigenvalue weighted by atomic mass is 32.2. The fraction of sp³-hybridized carbons (Fsp3) is 0.364. The van der Waals surface area contributed by atoms with Crippen LogP contribution in [0.1, 0.15) is 24.5 Å². The molecule has 32 heavy (non-hydrogen) atoms. The zero-order valence-corrected chi connectivity index (χ0v) is 19.2. The van der Waals surface area contributed by atoms with Gasteiger partial charge in [0.05, 0.1) is 11.9 Å². The van der Waals surface area contributed by atoms with E-state index in [0.717, 1.165) is 29.5 Å². The van der Waals surface area contributed by atoms with Crippen LogP contribution in [-0.4, -0.2) is 51.0 Å². The minimum absolute atomic E-state index is 0.0713. The molecule has 7 nitrogen and oxygen atoms in total. The topological polar surface area (TPSA) is 86.8 Å². The molecule has 0 heterocycles. The summed E-state index contributed by atoms with van der Waals surface area (Å²) < 4.78 is 52.5. The second kappa shape index (κ2) is 10.5. The highest BCUT2D eigenvalue weighted by Gasteiger charge is 2.31. The van der Waals surface area contributed by atoms with Crippen LogP contribution in [-0.2, 0) is 26.2 Å². The van der Waals surface area contributed by atoms with Crippen LogP contribution in [0.15, 0.2) is 42.5 Å². The van der Waals surface area contributed by atoms with Crippen LogP contribution in [0.5, 0.6) is 0 Å². The third-order valence-corrected chi connectivity index (χ3v) is 6.08. The van der Waals surface area contributed by atoms with Crippen molar-refractivity contribution in [1.29, 1.82) is 0 Å². The zero-order chi connectivity index (χ0) is 24.1. The molecule has 2 aromatic rings. The molecule has 0 radical (unpaired) electrons. The molecule has 2 rings (SSSR count). The third-order valence-electron chi connectivity index (χ3n) is 4.94. The fourth-order valence-electron chi connectivity index (χ4n) is 3.35. The zero-order valence-electron chi connectivity index (χ0n) is 18.4. The van der Waals surface area contributed by atoms with E-state index in [4.69, 9.17) is 0 Å². The van der Waals surface area contributed by atoms with Crippen LogP contribution < -0.4 is 9.62 Å². The van der Waals surface area contributed by atoms with Gasteiger partial charge in [-0.05, 0) is 31.0 Å². The summed E-state index contributed by atoms with van der Waals surface area (Å²) in [6, 6.07) is 9.10. The molecule has 0 aromatic heterocycles. The maximum absolute atomic E-state index is 13.7. The number of likely N-dealkylation sites (N-methyl/N-ethyl adjacent to an activating group) is 1. The van der Waals surface area contributed by atoms with Gasteiger partial charge >= 0.3 is 0 Å². The molecular weight excluding hydrogens is 440 g/mol. The molecule has 1 N–H and O–H groups in total. The summed E-state index contributed by atoms with van der Waals surface area (Å²) in [6.07, 6.45) is 1.16. The molecule has 0 spiro atoms. The second-order valence-corrected chi connectivity index (χ2v) is 9.32. The Balaban J connectivity index is 2.45. The lowest BCUT2D eigenvalue weighted by Crippen LogP contribution is -2.51. The number of benzene rings is 2. The molecule has 0 unspecified atom stereocenters. The molecule has 0 saturated heterocycles. The van der Waals surface area contributed by atoms with Gasteiger partial charge in [-0.3, -0.25) is 13.9 Å². The summed E-state index contributed by atoms with van der Waals surface area (Å²) in [5.41, 5.74) is 1.53. The number of hydrogen-bond donors (Lipinski definition) is 1. The van der Waals surface area contributed by atoms with Gasteiger partial charge in [-0.1, -0.05) is 36.8 Å². The number of rotatable bonds is 9. The van der Waals surface area contributed by atoms with Crippen LogP contribution in [0.25, 0.3) is 0 Å². The summed E-state index contributed by atoms with van der Waals surface area (Å²) in [5, 5.41) is 2.52. The summed E-state index contributed by atoms with van der Waals surface area (Å²) in [5.74, 6) is -3.43. The molecule has 0 bridgehead atoms. The van der Waals surface area contributed by atoms with E-state index in [2.05, 4.69) is 5.32 Å². The molecule has 2 aromatic carbocycles. The monoisotopic (exact) mass is 467 g/mol. The normalized spacial score (nSPS) is 12.2. The van der Waals surface area contributed by atoms with Crippen molar-refractivity contribution >= 4 is 27.5 Å². The van der Waals surface area contributed by atoms with Crippen molar-refractivity contribution in [3.05, 3.63) is 65.2 Å². The maximum Gasteiger partial charge on any atom is 0.244 e. The molecule has 0 aliphatic carbocycles. The van der Waals surface area contributed by atoms with E-state index in [1.165, 1.54) is 11.9 Å². The molecule has 0 aliphatic heterocycles. The molecule has 1 atom stereocenters. The second-order valence-electron chi connectivity index (χ2n) is 7.42. The van der Waals surface area contributed by atoms with E-state index in [9.17, 15) is 26.8 Å². The van der Waals surface area contributed by atoms with E-state index in [1.54, 1.807) is 13.0 Å². The molecule has 0 fully saturated rings. The van der Waals surface area contributed by atoms with E-state index in [1.807, 2.05) is 25.1 Å². The van der Waals surface area contributed by atoms with Crippen LogP contribution in [0.3, 0.4) is 0 Å². The lowest BCUT2D eigenvalue weighted by molar-refractivity contribution is -0.140. The standard InChI is InChI=1S/C22H27F2N3O4S/c1-5-20(22(29)25-3)26(13-16-8-6-7-15(2)11-16)21(28)14-27(32(4,30)31)17-9-10-18(23)19(24)12-17/h6-12,20H,5,13-14H2,1-4H3,(H,25,29)/t20-/m0/s1. The predicted octanol–water partition coefficient (Wildman–Crippen LogP) is 2.59. The molecule has 10 heteroatoms. The number of anilines is 1. The van der Waals surface area contributed by atoms with Gasteiger partial charge in [-0.2, -0.15) is 0 Å². The first-order valence-corrected chi connectivity index (χ1v) is 11.8. The maximum atomic E-state index is 13.7. The Morgan fingerprint density at radius 1 is 1.09 bits per heavy atom. The van der Waals surface area contributed by atoms with Crippen molar-refractivity contribution in [2.75, 3.05) is 24.2 Å². The quantitative estimate of drug-likeness (QED) is 0.614. The Labute approximate surface area is 187 Å². The van der Waals surface area contributed by atoms with Gasteiger partial charge in [0.15, 0.2) is 11.6 Å². The Morgan fingerprint density at radius 3 is 2.31 bits per heavy atom. The van der Waals surface area contributed by atoms with E-state index < -0.39 is 46.1 Å². The number of amides is 2. The number of carbonyl (C=O) groups is 2. The number of carbonyl (C=O) groups excluding carboxylic acids is 2. The van der Waals surface area contributed by atoms with Crippen LogP contribution in [0, 0.1) is 18.6 Å². The molecule has 0 saturated carbocycles.